The molecule has 0 spiro atoms. The molecule has 1 saturated carbocycles. The van der Waals surface area contributed by atoms with Crippen LogP contribution in [0.2, 0.25) is 0 Å². The first-order valence-electron chi connectivity index (χ1n) is 6.48. The van der Waals surface area contributed by atoms with E-state index >= 15 is 0 Å². The zero-order valence-corrected chi connectivity index (χ0v) is 10.5. The van der Waals surface area contributed by atoms with E-state index < -0.39 is 11.4 Å². The van der Waals surface area contributed by atoms with Gasteiger partial charge in [0.1, 0.15) is 5.41 Å². The van der Waals surface area contributed by atoms with E-state index in [1.54, 1.807) is 6.20 Å². The smallest absolute Gasteiger partial charge is 0.315 e. The number of carboxylic acid groups (broad SMARTS) is 1. The van der Waals surface area contributed by atoms with Crippen LogP contribution in [0.4, 0.5) is 0 Å². The number of nitrogens with zero attached hydrogens (tertiary/aromatic N) is 1. The molecule has 0 aliphatic heterocycles. The second kappa shape index (κ2) is 4.50. The van der Waals surface area contributed by atoms with Gasteiger partial charge in [-0.15, -0.1) is 0 Å². The van der Waals surface area contributed by atoms with Gasteiger partial charge >= 0.3 is 5.97 Å². The molecular weight excluding hydrogens is 238 g/mol. The average molecular weight is 253 g/mol. The normalized spacial score (nSPS) is 16.6. The first-order chi connectivity index (χ1) is 9.24. The Bertz CT molecular complexity index is 603. The molecule has 1 fully saturated rings. The molecule has 96 valence electrons. The van der Waals surface area contributed by atoms with Crippen LogP contribution in [0.3, 0.4) is 0 Å². The Morgan fingerprint density at radius 3 is 2.42 bits per heavy atom. The van der Waals surface area contributed by atoms with Gasteiger partial charge in [-0.3, -0.25) is 9.78 Å². The Morgan fingerprint density at radius 1 is 1.11 bits per heavy atom. The number of pyridine rings is 1. The molecule has 1 aromatic heterocycles. The van der Waals surface area contributed by atoms with Crippen molar-refractivity contribution in [2.45, 2.75) is 24.7 Å². The van der Waals surface area contributed by atoms with Crippen LogP contribution in [0.25, 0.3) is 11.1 Å². The predicted molar refractivity (Wildman–Crippen MR) is 72.8 cm³/mol. The van der Waals surface area contributed by atoms with E-state index in [1.807, 2.05) is 42.5 Å². The zero-order valence-electron chi connectivity index (χ0n) is 10.5. The van der Waals surface area contributed by atoms with E-state index in [0.29, 0.717) is 18.5 Å². The molecule has 0 radical (unpaired) electrons. The minimum atomic E-state index is -0.785. The van der Waals surface area contributed by atoms with E-state index in [2.05, 4.69) is 4.98 Å². The molecule has 0 unspecified atom stereocenters. The fourth-order valence-corrected chi connectivity index (χ4v) is 2.72. The summed E-state index contributed by atoms with van der Waals surface area (Å²) in [7, 11) is 0. The molecule has 2 aromatic rings. The maximum Gasteiger partial charge on any atom is 0.315 e. The lowest BCUT2D eigenvalue weighted by molar-refractivity contribution is -0.147. The summed E-state index contributed by atoms with van der Waals surface area (Å²) in [6.07, 6.45) is 4.00. The molecule has 0 atom stereocenters. The summed E-state index contributed by atoms with van der Waals surface area (Å²) in [6, 6.07) is 13.7. The van der Waals surface area contributed by atoms with Gasteiger partial charge in [0.15, 0.2) is 0 Å². The number of aromatic nitrogens is 1. The molecule has 3 rings (SSSR count). The first-order valence-corrected chi connectivity index (χ1v) is 6.48. The quantitative estimate of drug-likeness (QED) is 0.913. The third-order valence-electron chi connectivity index (χ3n) is 3.96. The largest absolute Gasteiger partial charge is 0.481 e. The molecule has 1 aromatic carbocycles. The van der Waals surface area contributed by atoms with Crippen molar-refractivity contribution >= 4 is 5.97 Å². The Hall–Kier alpha value is -2.16. The van der Waals surface area contributed by atoms with Gasteiger partial charge in [0.2, 0.25) is 0 Å². The minimum Gasteiger partial charge on any atom is -0.481 e. The number of hydrogen-bond acceptors (Lipinski definition) is 2. The molecular formula is C16H15NO2. The molecule has 1 N–H and O–H groups in total. The van der Waals surface area contributed by atoms with Crippen molar-refractivity contribution in [2.75, 3.05) is 0 Å². The highest BCUT2D eigenvalue weighted by atomic mass is 16.4. The van der Waals surface area contributed by atoms with Crippen molar-refractivity contribution in [2.24, 2.45) is 0 Å². The van der Waals surface area contributed by atoms with Crippen LogP contribution in [0.5, 0.6) is 0 Å². The van der Waals surface area contributed by atoms with Gasteiger partial charge in [0.05, 0.1) is 5.69 Å². The van der Waals surface area contributed by atoms with Gasteiger partial charge in [0.25, 0.3) is 0 Å². The topological polar surface area (TPSA) is 50.2 Å². The van der Waals surface area contributed by atoms with E-state index in [1.165, 1.54) is 0 Å². The van der Waals surface area contributed by atoms with Crippen LogP contribution in [0.15, 0.2) is 48.7 Å². The first kappa shape index (κ1) is 11.9. The van der Waals surface area contributed by atoms with Crippen LogP contribution in [-0.4, -0.2) is 16.1 Å². The third-order valence-corrected chi connectivity index (χ3v) is 3.96. The summed E-state index contributed by atoms with van der Waals surface area (Å²) >= 11 is 0. The zero-order chi connectivity index (χ0) is 13.3. The lowest BCUT2D eigenvalue weighted by Crippen LogP contribution is -2.43. The van der Waals surface area contributed by atoms with Crippen molar-refractivity contribution in [1.82, 2.24) is 4.98 Å². The molecule has 3 heteroatoms. The highest BCUT2D eigenvalue weighted by molar-refractivity contribution is 5.85. The van der Waals surface area contributed by atoms with E-state index in [9.17, 15) is 9.90 Å². The molecule has 1 aliphatic carbocycles. The van der Waals surface area contributed by atoms with Crippen molar-refractivity contribution in [3.63, 3.8) is 0 Å². The van der Waals surface area contributed by atoms with Gasteiger partial charge in [-0.1, -0.05) is 42.8 Å². The average Bonchev–Trinajstić information content (AvgIpc) is 2.39. The fraction of sp³-hybridized carbons (Fsp3) is 0.250. The number of carbonyl (C=O) groups is 1. The van der Waals surface area contributed by atoms with Crippen LogP contribution < -0.4 is 0 Å². The molecule has 1 heterocycles. The second-order valence-electron chi connectivity index (χ2n) is 5.01. The maximum absolute atomic E-state index is 11.6. The molecule has 1 aliphatic rings. The summed E-state index contributed by atoms with van der Waals surface area (Å²) in [5, 5.41) is 9.57. The van der Waals surface area contributed by atoms with Crippen molar-refractivity contribution in [3.05, 3.63) is 54.4 Å². The Kier molecular flexibility index (Phi) is 2.82. The van der Waals surface area contributed by atoms with Gasteiger partial charge in [-0.05, 0) is 24.5 Å². The standard InChI is InChI=1S/C16H15NO2/c18-15(19)16(9-5-10-16)14-13(8-4-11-17-14)12-6-2-1-3-7-12/h1-4,6-8,11H,5,9-10H2,(H,18,19). The van der Waals surface area contributed by atoms with Gasteiger partial charge in [-0.25, -0.2) is 0 Å². The predicted octanol–water partition coefficient (Wildman–Crippen LogP) is 3.25. The molecule has 19 heavy (non-hydrogen) atoms. The van der Waals surface area contributed by atoms with E-state index in [-0.39, 0.29) is 0 Å². The Morgan fingerprint density at radius 2 is 1.84 bits per heavy atom. The second-order valence-corrected chi connectivity index (χ2v) is 5.01. The highest BCUT2D eigenvalue weighted by Crippen LogP contribution is 2.46. The van der Waals surface area contributed by atoms with Crippen LogP contribution in [0, 0.1) is 0 Å². The number of hydrogen-bond donors (Lipinski definition) is 1. The summed E-state index contributed by atoms with van der Waals surface area (Å²) in [5.74, 6) is -0.755. The Labute approximate surface area is 111 Å². The third kappa shape index (κ3) is 1.82. The van der Waals surface area contributed by atoms with E-state index in [4.69, 9.17) is 0 Å². The molecule has 0 saturated heterocycles. The van der Waals surface area contributed by atoms with Crippen molar-refractivity contribution in [1.29, 1.82) is 0 Å². The monoisotopic (exact) mass is 253 g/mol. The van der Waals surface area contributed by atoms with Gasteiger partial charge in [-0.2, -0.15) is 0 Å². The van der Waals surface area contributed by atoms with Crippen molar-refractivity contribution in [3.8, 4) is 11.1 Å². The van der Waals surface area contributed by atoms with Crippen LogP contribution in [0.1, 0.15) is 25.0 Å². The summed E-state index contributed by atoms with van der Waals surface area (Å²) in [4.78, 5) is 16.0. The SMILES string of the molecule is O=C(O)C1(c2ncccc2-c2ccccc2)CCC1. The maximum atomic E-state index is 11.6. The lowest BCUT2D eigenvalue weighted by Gasteiger charge is -2.38. The number of benzene rings is 1. The summed E-state index contributed by atoms with van der Waals surface area (Å²) in [6.45, 7) is 0. The van der Waals surface area contributed by atoms with Crippen LogP contribution in [-0.2, 0) is 10.2 Å². The highest BCUT2D eigenvalue weighted by Gasteiger charge is 2.48. The Balaban J connectivity index is 2.15. The van der Waals surface area contributed by atoms with Gasteiger partial charge < -0.3 is 5.11 Å². The van der Waals surface area contributed by atoms with Crippen LogP contribution >= 0.6 is 0 Å². The number of carboxylic acids is 1. The lowest BCUT2D eigenvalue weighted by atomic mass is 9.65. The minimum absolute atomic E-state index is 0.680. The molecule has 3 nitrogen and oxygen atoms in total. The molecule has 0 bridgehead atoms. The van der Waals surface area contributed by atoms with Gasteiger partial charge in [0, 0.05) is 11.8 Å². The number of aliphatic carboxylic acids is 1. The summed E-state index contributed by atoms with van der Waals surface area (Å²) in [5.41, 5.74) is 1.88. The van der Waals surface area contributed by atoms with E-state index in [0.717, 1.165) is 17.5 Å². The number of rotatable bonds is 3. The summed E-state index contributed by atoms with van der Waals surface area (Å²) < 4.78 is 0. The molecule has 0 amide bonds. The van der Waals surface area contributed by atoms with Crippen molar-refractivity contribution < 1.29 is 9.90 Å². The fourth-order valence-electron chi connectivity index (χ4n) is 2.72.